The molecule has 142 valence electrons. The summed E-state index contributed by atoms with van der Waals surface area (Å²) in [6, 6.07) is 12.5. The molecule has 0 bridgehead atoms. The van der Waals surface area contributed by atoms with E-state index in [-0.39, 0.29) is 17.9 Å². The molecule has 0 saturated heterocycles. The highest BCUT2D eigenvalue weighted by Crippen LogP contribution is 2.33. The largest absolute Gasteiger partial charge is 0.493 e. The number of amides is 2. The zero-order valence-electron chi connectivity index (χ0n) is 15.7. The van der Waals surface area contributed by atoms with Gasteiger partial charge in [-0.05, 0) is 50.1 Å². The molecule has 6 heteroatoms. The smallest absolute Gasteiger partial charge is 0.265 e. The molecule has 1 heterocycles. The zero-order chi connectivity index (χ0) is 19.4. The van der Waals surface area contributed by atoms with Gasteiger partial charge in [0.25, 0.3) is 11.8 Å². The number of hydrogen-bond donors (Lipinski definition) is 2. The van der Waals surface area contributed by atoms with Gasteiger partial charge in [-0.1, -0.05) is 25.1 Å². The van der Waals surface area contributed by atoms with E-state index in [4.69, 9.17) is 9.47 Å². The first-order chi connectivity index (χ1) is 13.0. The highest BCUT2D eigenvalue weighted by atomic mass is 16.5. The van der Waals surface area contributed by atoms with Crippen molar-refractivity contribution in [3.05, 3.63) is 53.6 Å². The summed E-state index contributed by atoms with van der Waals surface area (Å²) in [5.74, 6) is 0.846. The van der Waals surface area contributed by atoms with Crippen LogP contribution in [0, 0.1) is 0 Å². The van der Waals surface area contributed by atoms with Crippen molar-refractivity contribution in [2.45, 2.75) is 39.3 Å². The van der Waals surface area contributed by atoms with Crippen LogP contribution < -0.4 is 20.1 Å². The van der Waals surface area contributed by atoms with Crippen molar-refractivity contribution in [3.8, 4) is 11.5 Å². The Morgan fingerprint density at radius 2 is 2.04 bits per heavy atom. The van der Waals surface area contributed by atoms with Gasteiger partial charge in [0.2, 0.25) is 0 Å². The van der Waals surface area contributed by atoms with Crippen LogP contribution in [-0.4, -0.2) is 24.5 Å². The number of rotatable bonds is 6. The molecule has 0 fully saturated rings. The Hall–Kier alpha value is -3.02. The summed E-state index contributed by atoms with van der Waals surface area (Å²) < 4.78 is 11.3. The molecule has 2 aromatic carbocycles. The number of carbonyl (C=O) groups is 2. The van der Waals surface area contributed by atoms with Crippen LogP contribution in [0.3, 0.4) is 0 Å². The summed E-state index contributed by atoms with van der Waals surface area (Å²) in [5.41, 5.74) is 2.04. The van der Waals surface area contributed by atoms with Crippen LogP contribution in [0.1, 0.15) is 49.2 Å². The van der Waals surface area contributed by atoms with Gasteiger partial charge >= 0.3 is 0 Å². The lowest BCUT2D eigenvalue weighted by atomic mass is 10.0. The lowest BCUT2D eigenvalue weighted by Crippen LogP contribution is -2.36. The average molecular weight is 368 g/mol. The van der Waals surface area contributed by atoms with Crippen LogP contribution in [0.25, 0.3) is 0 Å². The number of anilines is 1. The quantitative estimate of drug-likeness (QED) is 0.815. The van der Waals surface area contributed by atoms with Gasteiger partial charge in [0, 0.05) is 0 Å². The number of hydrogen-bond acceptors (Lipinski definition) is 4. The van der Waals surface area contributed by atoms with E-state index in [2.05, 4.69) is 10.6 Å². The van der Waals surface area contributed by atoms with Crippen LogP contribution in [0.4, 0.5) is 5.69 Å². The zero-order valence-corrected chi connectivity index (χ0v) is 15.7. The fraction of sp³-hybridized carbons (Fsp3) is 0.333. The van der Waals surface area contributed by atoms with Crippen molar-refractivity contribution in [1.82, 2.24) is 5.32 Å². The molecule has 0 spiro atoms. The van der Waals surface area contributed by atoms with Gasteiger partial charge in [-0.25, -0.2) is 0 Å². The van der Waals surface area contributed by atoms with Crippen molar-refractivity contribution in [2.75, 3.05) is 11.9 Å². The molecule has 3 rings (SSSR count). The second kappa shape index (κ2) is 8.12. The summed E-state index contributed by atoms with van der Waals surface area (Å²) in [5, 5.41) is 5.84. The third-order valence-electron chi connectivity index (χ3n) is 4.48. The van der Waals surface area contributed by atoms with E-state index in [1.807, 2.05) is 45.0 Å². The number of fused-ring (bicyclic) bond motifs is 1. The van der Waals surface area contributed by atoms with Crippen molar-refractivity contribution in [2.24, 2.45) is 0 Å². The Labute approximate surface area is 158 Å². The number of ether oxygens (including phenoxy) is 2. The van der Waals surface area contributed by atoms with Crippen molar-refractivity contribution in [1.29, 1.82) is 0 Å². The Kier molecular flexibility index (Phi) is 5.64. The highest BCUT2D eigenvalue weighted by molar-refractivity contribution is 5.98. The summed E-state index contributed by atoms with van der Waals surface area (Å²) in [7, 11) is 0. The minimum absolute atomic E-state index is 0.133. The molecule has 27 heavy (non-hydrogen) atoms. The second-order valence-electron chi connectivity index (χ2n) is 6.38. The lowest BCUT2D eigenvalue weighted by Gasteiger charge is -2.26. The Morgan fingerprint density at radius 1 is 1.26 bits per heavy atom. The third-order valence-corrected chi connectivity index (χ3v) is 4.48. The molecule has 2 aromatic rings. The van der Waals surface area contributed by atoms with Crippen molar-refractivity contribution >= 4 is 17.5 Å². The van der Waals surface area contributed by atoms with Gasteiger partial charge in [0.1, 0.15) is 11.5 Å². The summed E-state index contributed by atoms with van der Waals surface area (Å²) >= 11 is 0. The minimum atomic E-state index is -0.490. The Morgan fingerprint density at radius 3 is 2.78 bits per heavy atom. The molecule has 1 aliphatic rings. The molecule has 2 N–H and O–H groups in total. The number of benzene rings is 2. The molecule has 2 atom stereocenters. The second-order valence-corrected chi connectivity index (χ2v) is 6.38. The number of para-hydroxylation sites is 1. The summed E-state index contributed by atoms with van der Waals surface area (Å²) in [4.78, 5) is 24.6. The van der Waals surface area contributed by atoms with Gasteiger partial charge in [0.15, 0.2) is 6.10 Å². The molecule has 0 saturated carbocycles. The van der Waals surface area contributed by atoms with E-state index in [0.717, 1.165) is 5.56 Å². The summed E-state index contributed by atoms with van der Waals surface area (Å²) in [6.07, 6.45) is 0.103. The van der Waals surface area contributed by atoms with Gasteiger partial charge in [-0.2, -0.15) is 0 Å². The van der Waals surface area contributed by atoms with E-state index < -0.39 is 6.10 Å². The molecule has 0 aromatic heterocycles. The standard InChI is InChI=1S/C21H24N2O4/c1-4-17-21(25)23-16-11-10-14(12-19(16)27-17)13(3)22-20(24)15-8-6-7-9-18(15)26-5-2/h6-13,17H,4-5H2,1-3H3,(H,22,24)(H,23,25). The molecular formula is C21H24N2O4. The van der Waals surface area contributed by atoms with Crippen molar-refractivity contribution in [3.63, 3.8) is 0 Å². The van der Waals surface area contributed by atoms with E-state index in [1.54, 1.807) is 18.2 Å². The fourth-order valence-corrected chi connectivity index (χ4v) is 2.99. The Balaban J connectivity index is 1.76. The number of nitrogens with one attached hydrogen (secondary N) is 2. The van der Waals surface area contributed by atoms with Gasteiger partial charge in [-0.3, -0.25) is 9.59 Å². The van der Waals surface area contributed by atoms with Crippen LogP contribution in [0.15, 0.2) is 42.5 Å². The van der Waals surface area contributed by atoms with Gasteiger partial charge in [0.05, 0.1) is 23.9 Å². The van der Waals surface area contributed by atoms with Crippen LogP contribution in [-0.2, 0) is 4.79 Å². The molecule has 1 aliphatic heterocycles. The van der Waals surface area contributed by atoms with E-state index in [1.165, 1.54) is 0 Å². The maximum Gasteiger partial charge on any atom is 0.265 e. The molecule has 2 amide bonds. The Bertz CT molecular complexity index is 850. The van der Waals surface area contributed by atoms with Crippen LogP contribution >= 0.6 is 0 Å². The van der Waals surface area contributed by atoms with Crippen LogP contribution in [0.5, 0.6) is 11.5 Å². The first-order valence-electron chi connectivity index (χ1n) is 9.17. The predicted molar refractivity (Wildman–Crippen MR) is 103 cm³/mol. The predicted octanol–water partition coefficient (Wildman–Crippen LogP) is 3.69. The van der Waals surface area contributed by atoms with Crippen LogP contribution in [0.2, 0.25) is 0 Å². The molecule has 0 radical (unpaired) electrons. The SMILES string of the molecule is CCOc1ccccc1C(=O)NC(C)c1ccc2c(c1)OC(CC)C(=O)N2. The summed E-state index contributed by atoms with van der Waals surface area (Å²) in [6.45, 7) is 6.18. The maximum atomic E-state index is 12.7. The monoisotopic (exact) mass is 368 g/mol. The average Bonchev–Trinajstić information content (AvgIpc) is 2.67. The lowest BCUT2D eigenvalue weighted by molar-refractivity contribution is -0.123. The minimum Gasteiger partial charge on any atom is -0.493 e. The first kappa shape index (κ1) is 18.8. The molecule has 6 nitrogen and oxygen atoms in total. The van der Waals surface area contributed by atoms with Gasteiger partial charge in [-0.15, -0.1) is 0 Å². The van der Waals surface area contributed by atoms with E-state index >= 15 is 0 Å². The van der Waals surface area contributed by atoms with E-state index in [9.17, 15) is 9.59 Å². The first-order valence-corrected chi connectivity index (χ1v) is 9.17. The molecule has 0 aliphatic carbocycles. The highest BCUT2D eigenvalue weighted by Gasteiger charge is 2.26. The molecular weight excluding hydrogens is 344 g/mol. The fourth-order valence-electron chi connectivity index (χ4n) is 2.99. The topological polar surface area (TPSA) is 76.7 Å². The van der Waals surface area contributed by atoms with Crippen molar-refractivity contribution < 1.29 is 19.1 Å². The number of carbonyl (C=O) groups excluding carboxylic acids is 2. The van der Waals surface area contributed by atoms with E-state index in [0.29, 0.717) is 35.8 Å². The third kappa shape index (κ3) is 4.05. The van der Waals surface area contributed by atoms with Gasteiger partial charge < -0.3 is 20.1 Å². The maximum absolute atomic E-state index is 12.7. The molecule has 2 unspecified atom stereocenters. The normalized spacial score (nSPS) is 16.6.